The zero-order valence-electron chi connectivity index (χ0n) is 28.0. The summed E-state index contributed by atoms with van der Waals surface area (Å²) in [6, 6.07) is 37.2. The molecule has 3 aliphatic carbocycles. The van der Waals surface area contributed by atoms with E-state index in [4.69, 9.17) is 0 Å². The van der Waals surface area contributed by atoms with Gasteiger partial charge in [-0.3, -0.25) is 0 Å². The summed E-state index contributed by atoms with van der Waals surface area (Å²) in [5.41, 5.74) is 15.2. The van der Waals surface area contributed by atoms with Crippen LogP contribution in [0.15, 0.2) is 145 Å². The lowest BCUT2D eigenvalue weighted by atomic mass is 9.65. The minimum atomic E-state index is -0.345. The number of fused-ring (bicyclic) bond motifs is 10. The molecule has 230 valence electrons. The second-order valence-electron chi connectivity index (χ2n) is 14.2. The van der Waals surface area contributed by atoms with Crippen molar-refractivity contribution in [1.82, 2.24) is 0 Å². The normalized spacial score (nSPS) is 25.4. The van der Waals surface area contributed by atoms with E-state index in [1.54, 1.807) is 0 Å². The molecule has 9 rings (SSSR count). The van der Waals surface area contributed by atoms with Crippen LogP contribution in [0.3, 0.4) is 0 Å². The van der Waals surface area contributed by atoms with Gasteiger partial charge >= 0.3 is 0 Å². The first kappa shape index (κ1) is 28.5. The SMILES string of the molecule is C/C=C\C(=C/C)C1(c2cccc(-c3ccc4c(c3)C3(CC)CC3(C)[n+]3ccc5ccccc5c3-4)c2)C2=C(CCC=C2)c2ccccc21. The van der Waals surface area contributed by atoms with Gasteiger partial charge in [-0.2, -0.15) is 4.57 Å². The van der Waals surface area contributed by atoms with Crippen LogP contribution < -0.4 is 4.57 Å². The molecule has 1 heteroatoms. The molecule has 3 unspecified atom stereocenters. The molecule has 0 amide bonds. The van der Waals surface area contributed by atoms with Crippen molar-refractivity contribution in [2.75, 3.05) is 0 Å². The standard InChI is InChI=1S/C46H42N/c1-5-15-34(6-2)46(40-22-12-10-20-37(40)38-21-11-13-23-41(38)46)35-18-14-17-32(28-35)33-24-25-39-42(29-33)45(7-3)30-44(45,4)47-27-26-31-16-8-9-19-36(31)43(39)47/h5-6,8-10,12-20,22-29H,7,11,21,30H2,1-4H3/q+1/b15-5-,34-6+. The summed E-state index contributed by atoms with van der Waals surface area (Å²) in [5, 5.41) is 2.65. The highest BCUT2D eigenvalue weighted by Crippen LogP contribution is 2.66. The van der Waals surface area contributed by atoms with E-state index in [1.807, 2.05) is 0 Å². The average molecular weight is 609 g/mol. The lowest BCUT2D eigenvalue weighted by Crippen LogP contribution is -2.53. The molecule has 1 nitrogen and oxygen atoms in total. The van der Waals surface area contributed by atoms with E-state index in [0.717, 1.165) is 19.3 Å². The van der Waals surface area contributed by atoms with E-state index in [1.165, 1.54) is 78.6 Å². The van der Waals surface area contributed by atoms with Gasteiger partial charge in [0.1, 0.15) is 0 Å². The quantitative estimate of drug-likeness (QED) is 0.138. The fourth-order valence-electron chi connectivity index (χ4n) is 10.0. The molecule has 0 N–H and O–H groups in total. The van der Waals surface area contributed by atoms with Crippen LogP contribution in [0.5, 0.6) is 0 Å². The number of pyridine rings is 1. The second-order valence-corrected chi connectivity index (χ2v) is 14.2. The lowest BCUT2D eigenvalue weighted by molar-refractivity contribution is -0.730. The molecular weight excluding hydrogens is 567 g/mol. The Labute approximate surface area is 279 Å². The van der Waals surface area contributed by atoms with Crippen LogP contribution in [0.25, 0.3) is 38.7 Å². The Morgan fingerprint density at radius 2 is 1.66 bits per heavy atom. The molecule has 5 aromatic rings. The summed E-state index contributed by atoms with van der Waals surface area (Å²) in [7, 11) is 0. The summed E-state index contributed by atoms with van der Waals surface area (Å²) >= 11 is 0. The molecule has 4 aromatic carbocycles. The zero-order valence-corrected chi connectivity index (χ0v) is 28.0. The number of aromatic nitrogens is 1. The summed E-state index contributed by atoms with van der Waals surface area (Å²) in [6.07, 6.45) is 18.5. The minimum Gasteiger partial charge on any atom is -0.192 e. The molecular formula is C46H42N+. The maximum Gasteiger partial charge on any atom is 0.221 e. The van der Waals surface area contributed by atoms with E-state index < -0.39 is 0 Å². The molecule has 3 atom stereocenters. The van der Waals surface area contributed by atoms with Gasteiger partial charge in [0, 0.05) is 19.4 Å². The Balaban J connectivity index is 1.27. The number of hydrogen-bond acceptors (Lipinski definition) is 0. The predicted molar refractivity (Wildman–Crippen MR) is 196 cm³/mol. The van der Waals surface area contributed by atoms with Gasteiger partial charge in [-0.1, -0.05) is 104 Å². The fraction of sp³-hybridized carbons (Fsp3) is 0.239. The minimum absolute atomic E-state index is 0.0930. The van der Waals surface area contributed by atoms with Gasteiger partial charge in [-0.15, -0.1) is 0 Å². The van der Waals surface area contributed by atoms with Crippen molar-refractivity contribution < 1.29 is 4.57 Å². The Morgan fingerprint density at radius 3 is 2.51 bits per heavy atom. The van der Waals surface area contributed by atoms with Crippen LogP contribution in [-0.4, -0.2) is 0 Å². The first-order chi connectivity index (χ1) is 23.0. The number of allylic oxidation sites excluding steroid dienone is 8. The molecule has 1 saturated carbocycles. The number of nitrogens with zero attached hydrogens (tertiary/aromatic N) is 1. The Bertz CT molecular complexity index is 2260. The van der Waals surface area contributed by atoms with Gasteiger partial charge in [-0.25, -0.2) is 0 Å². The second kappa shape index (κ2) is 10.1. The van der Waals surface area contributed by atoms with Crippen molar-refractivity contribution in [3.05, 3.63) is 167 Å². The molecule has 1 aromatic heterocycles. The Hall–Kier alpha value is -4.75. The highest BCUT2D eigenvalue weighted by molar-refractivity contribution is 5.95. The van der Waals surface area contributed by atoms with Crippen molar-refractivity contribution in [3.63, 3.8) is 0 Å². The van der Waals surface area contributed by atoms with Crippen molar-refractivity contribution in [3.8, 4) is 22.4 Å². The van der Waals surface area contributed by atoms with Crippen LogP contribution in [0.1, 0.15) is 75.6 Å². The fourth-order valence-corrected chi connectivity index (χ4v) is 10.0. The Kier molecular flexibility index (Phi) is 6.13. The summed E-state index contributed by atoms with van der Waals surface area (Å²) in [4.78, 5) is 0. The first-order valence-corrected chi connectivity index (χ1v) is 17.5. The molecule has 0 radical (unpaired) electrons. The van der Waals surface area contributed by atoms with Crippen molar-refractivity contribution in [2.24, 2.45) is 0 Å². The van der Waals surface area contributed by atoms with Crippen molar-refractivity contribution in [1.29, 1.82) is 0 Å². The van der Waals surface area contributed by atoms with Crippen molar-refractivity contribution >= 4 is 16.3 Å². The highest BCUT2D eigenvalue weighted by atomic mass is 15.1. The van der Waals surface area contributed by atoms with Gasteiger partial charge in [0.2, 0.25) is 5.69 Å². The number of rotatable bonds is 5. The van der Waals surface area contributed by atoms with Crippen LogP contribution in [-0.2, 0) is 16.4 Å². The van der Waals surface area contributed by atoms with Crippen LogP contribution >= 0.6 is 0 Å². The molecule has 1 aliphatic heterocycles. The molecule has 1 fully saturated rings. The lowest BCUT2D eigenvalue weighted by Gasteiger charge is -2.36. The molecule has 0 bridgehead atoms. The maximum absolute atomic E-state index is 2.60. The maximum atomic E-state index is 2.60. The van der Waals surface area contributed by atoms with E-state index in [2.05, 4.69) is 166 Å². The van der Waals surface area contributed by atoms with Crippen LogP contribution in [0, 0.1) is 0 Å². The topological polar surface area (TPSA) is 3.88 Å². The van der Waals surface area contributed by atoms with Crippen molar-refractivity contribution in [2.45, 2.75) is 69.7 Å². The van der Waals surface area contributed by atoms with Crippen LogP contribution in [0.2, 0.25) is 0 Å². The van der Waals surface area contributed by atoms with E-state index in [9.17, 15) is 0 Å². The van der Waals surface area contributed by atoms with Gasteiger partial charge in [-0.05, 0) is 113 Å². The van der Waals surface area contributed by atoms with Gasteiger partial charge in [0.25, 0.3) is 0 Å². The third kappa shape index (κ3) is 3.58. The monoisotopic (exact) mass is 608 g/mol. The summed E-state index contributed by atoms with van der Waals surface area (Å²) in [6.45, 7) is 9.21. The number of hydrogen-bond donors (Lipinski definition) is 0. The molecule has 4 aliphatic rings. The number of benzene rings is 4. The third-order valence-electron chi connectivity index (χ3n) is 12.3. The average Bonchev–Trinajstić information content (AvgIpc) is 3.68. The van der Waals surface area contributed by atoms with Crippen LogP contribution in [0.4, 0.5) is 0 Å². The summed E-state index contributed by atoms with van der Waals surface area (Å²) in [5.74, 6) is 0. The molecule has 47 heavy (non-hydrogen) atoms. The van der Waals surface area contributed by atoms with Gasteiger partial charge in [0.15, 0.2) is 11.7 Å². The largest absolute Gasteiger partial charge is 0.221 e. The van der Waals surface area contributed by atoms with E-state index >= 15 is 0 Å². The van der Waals surface area contributed by atoms with E-state index in [-0.39, 0.29) is 16.4 Å². The molecule has 0 spiro atoms. The van der Waals surface area contributed by atoms with Gasteiger partial charge in [0.05, 0.1) is 21.8 Å². The zero-order chi connectivity index (χ0) is 32.0. The first-order valence-electron chi connectivity index (χ1n) is 17.5. The molecule has 2 heterocycles. The smallest absolute Gasteiger partial charge is 0.192 e. The van der Waals surface area contributed by atoms with E-state index in [0.29, 0.717) is 0 Å². The summed E-state index contributed by atoms with van der Waals surface area (Å²) < 4.78 is 2.60. The Morgan fingerprint density at radius 1 is 0.830 bits per heavy atom. The van der Waals surface area contributed by atoms with Gasteiger partial charge < -0.3 is 0 Å². The molecule has 0 saturated heterocycles. The third-order valence-corrected chi connectivity index (χ3v) is 12.3. The highest BCUT2D eigenvalue weighted by Gasteiger charge is 2.75. The predicted octanol–water partition coefficient (Wildman–Crippen LogP) is 11.2.